The van der Waals surface area contributed by atoms with Crippen LogP contribution in [0, 0.1) is 0 Å². The second-order valence-electron chi connectivity index (χ2n) is 4.70. The molecule has 0 aromatic carbocycles. The van der Waals surface area contributed by atoms with Crippen LogP contribution in [0.5, 0.6) is 0 Å². The average molecular weight is 224 g/mol. The fourth-order valence-electron chi connectivity index (χ4n) is 2.25. The number of aliphatic carboxylic acids is 1. The van der Waals surface area contributed by atoms with Crippen LogP contribution in [0.2, 0.25) is 6.32 Å². The van der Waals surface area contributed by atoms with E-state index in [2.05, 4.69) is 5.32 Å². The van der Waals surface area contributed by atoms with E-state index in [1.165, 1.54) is 0 Å². The zero-order valence-electron chi connectivity index (χ0n) is 9.74. The third-order valence-electron chi connectivity index (χ3n) is 3.28. The Morgan fingerprint density at radius 2 is 2.31 bits per heavy atom. The standard InChI is InChI=1S/C11H21BN2O2/c12-6-2-1-5-11(13,10(15)16)8-9-4-3-7-14-9/h9,14H,1-8,13H2,(H,15,16)/t9?,11-/m1/s1. The molecule has 1 heterocycles. The summed E-state index contributed by atoms with van der Waals surface area (Å²) in [6.07, 6.45) is 5.39. The van der Waals surface area contributed by atoms with Crippen molar-refractivity contribution < 1.29 is 9.90 Å². The monoisotopic (exact) mass is 224 g/mol. The second kappa shape index (κ2) is 6.25. The molecule has 0 spiro atoms. The molecule has 0 saturated carbocycles. The van der Waals surface area contributed by atoms with Crippen LogP contribution >= 0.6 is 0 Å². The van der Waals surface area contributed by atoms with Crippen LogP contribution in [0.1, 0.15) is 38.5 Å². The summed E-state index contributed by atoms with van der Waals surface area (Å²) in [5, 5.41) is 12.5. The molecular weight excluding hydrogens is 203 g/mol. The smallest absolute Gasteiger partial charge is 0.323 e. The van der Waals surface area contributed by atoms with E-state index in [1.54, 1.807) is 0 Å². The van der Waals surface area contributed by atoms with Gasteiger partial charge in [-0.05, 0) is 32.2 Å². The zero-order valence-corrected chi connectivity index (χ0v) is 9.74. The predicted octanol–water partition coefficient (Wildman–Crippen LogP) is 0.668. The minimum Gasteiger partial charge on any atom is -0.480 e. The second-order valence-corrected chi connectivity index (χ2v) is 4.70. The molecule has 4 nitrogen and oxygen atoms in total. The Labute approximate surface area is 98.4 Å². The Morgan fingerprint density at radius 3 is 2.81 bits per heavy atom. The number of carboxylic acid groups (broad SMARTS) is 1. The molecule has 16 heavy (non-hydrogen) atoms. The maximum absolute atomic E-state index is 11.2. The number of hydrogen-bond donors (Lipinski definition) is 3. The van der Waals surface area contributed by atoms with Crippen molar-refractivity contribution in [2.24, 2.45) is 5.73 Å². The van der Waals surface area contributed by atoms with Crippen LogP contribution in [0.3, 0.4) is 0 Å². The van der Waals surface area contributed by atoms with Gasteiger partial charge in [0.05, 0.1) is 7.85 Å². The lowest BCUT2D eigenvalue weighted by molar-refractivity contribution is -0.144. The minimum atomic E-state index is -1.09. The highest BCUT2D eigenvalue weighted by Gasteiger charge is 2.36. The minimum absolute atomic E-state index is 0.263. The van der Waals surface area contributed by atoms with Gasteiger partial charge in [0, 0.05) is 6.04 Å². The van der Waals surface area contributed by atoms with Crippen molar-refractivity contribution in [2.45, 2.75) is 56.4 Å². The highest BCUT2D eigenvalue weighted by atomic mass is 16.4. The quantitative estimate of drug-likeness (QED) is 0.438. The number of nitrogens with one attached hydrogen (secondary N) is 1. The molecule has 0 bridgehead atoms. The van der Waals surface area contributed by atoms with E-state index in [4.69, 9.17) is 13.6 Å². The summed E-state index contributed by atoms with van der Waals surface area (Å²) in [5.74, 6) is -0.891. The van der Waals surface area contributed by atoms with Gasteiger partial charge in [-0.25, -0.2) is 0 Å². The number of rotatable bonds is 7. The van der Waals surface area contributed by atoms with Gasteiger partial charge in [0.2, 0.25) is 0 Å². The largest absolute Gasteiger partial charge is 0.480 e. The third-order valence-corrected chi connectivity index (χ3v) is 3.28. The number of hydrogen-bond acceptors (Lipinski definition) is 3. The number of nitrogens with two attached hydrogens (primary N) is 1. The van der Waals surface area contributed by atoms with Crippen molar-refractivity contribution >= 4 is 13.8 Å². The normalized spacial score (nSPS) is 24.2. The average Bonchev–Trinajstić information content (AvgIpc) is 2.70. The Morgan fingerprint density at radius 1 is 1.56 bits per heavy atom. The summed E-state index contributed by atoms with van der Waals surface area (Å²) in [4.78, 5) is 11.2. The molecule has 1 saturated heterocycles. The molecule has 1 unspecified atom stereocenters. The van der Waals surface area contributed by atoms with E-state index in [-0.39, 0.29) is 6.04 Å². The topological polar surface area (TPSA) is 75.3 Å². The van der Waals surface area contributed by atoms with Crippen LogP contribution in [0.4, 0.5) is 0 Å². The van der Waals surface area contributed by atoms with Crippen molar-refractivity contribution in [3.8, 4) is 0 Å². The molecule has 0 aliphatic carbocycles. The maximum Gasteiger partial charge on any atom is 0.323 e. The fourth-order valence-corrected chi connectivity index (χ4v) is 2.25. The first-order valence-electron chi connectivity index (χ1n) is 6.04. The van der Waals surface area contributed by atoms with Gasteiger partial charge in [-0.2, -0.15) is 0 Å². The van der Waals surface area contributed by atoms with E-state index in [0.29, 0.717) is 19.2 Å². The highest BCUT2D eigenvalue weighted by molar-refractivity contribution is 6.08. The van der Waals surface area contributed by atoms with Crippen LogP contribution in [0.15, 0.2) is 0 Å². The molecule has 2 atom stereocenters. The van der Waals surface area contributed by atoms with E-state index in [9.17, 15) is 9.90 Å². The summed E-state index contributed by atoms with van der Waals surface area (Å²) < 4.78 is 0. The van der Waals surface area contributed by atoms with Gasteiger partial charge < -0.3 is 16.2 Å². The van der Waals surface area contributed by atoms with E-state index in [1.807, 2.05) is 0 Å². The van der Waals surface area contributed by atoms with E-state index in [0.717, 1.165) is 32.2 Å². The van der Waals surface area contributed by atoms with Gasteiger partial charge in [-0.3, -0.25) is 4.79 Å². The lowest BCUT2D eigenvalue weighted by Gasteiger charge is -2.27. The van der Waals surface area contributed by atoms with Crippen molar-refractivity contribution in [3.63, 3.8) is 0 Å². The van der Waals surface area contributed by atoms with E-state index < -0.39 is 11.5 Å². The molecule has 0 aromatic heterocycles. The first-order valence-corrected chi connectivity index (χ1v) is 6.04. The molecule has 4 N–H and O–H groups in total. The van der Waals surface area contributed by atoms with Gasteiger partial charge in [0.15, 0.2) is 0 Å². The zero-order chi connectivity index (χ0) is 12.0. The summed E-state index contributed by atoms with van der Waals surface area (Å²) in [5.41, 5.74) is 4.89. The first-order chi connectivity index (χ1) is 7.58. The van der Waals surface area contributed by atoms with Gasteiger partial charge in [-0.15, -0.1) is 0 Å². The summed E-state index contributed by atoms with van der Waals surface area (Å²) >= 11 is 0. The van der Waals surface area contributed by atoms with Crippen molar-refractivity contribution in [2.75, 3.05) is 6.54 Å². The third kappa shape index (κ3) is 3.79. The molecule has 1 aliphatic rings. The number of carbonyl (C=O) groups is 1. The summed E-state index contributed by atoms with van der Waals surface area (Å²) in [6, 6.07) is 0.263. The Hall–Kier alpha value is -0.545. The van der Waals surface area contributed by atoms with Gasteiger partial charge in [0.25, 0.3) is 0 Å². The Balaban J connectivity index is 2.46. The molecule has 1 rings (SSSR count). The van der Waals surface area contributed by atoms with Gasteiger partial charge >= 0.3 is 5.97 Å². The van der Waals surface area contributed by atoms with E-state index >= 15 is 0 Å². The molecule has 0 amide bonds. The summed E-state index contributed by atoms with van der Waals surface area (Å²) in [7, 11) is 5.40. The van der Waals surface area contributed by atoms with Crippen molar-refractivity contribution in [3.05, 3.63) is 0 Å². The highest BCUT2D eigenvalue weighted by Crippen LogP contribution is 2.22. The summed E-state index contributed by atoms with van der Waals surface area (Å²) in [6.45, 7) is 0.975. The maximum atomic E-state index is 11.2. The molecule has 5 heteroatoms. The van der Waals surface area contributed by atoms with Gasteiger partial charge in [0.1, 0.15) is 5.54 Å². The van der Waals surface area contributed by atoms with Crippen molar-refractivity contribution in [1.82, 2.24) is 5.32 Å². The lowest BCUT2D eigenvalue weighted by Crippen LogP contribution is -2.51. The molecule has 90 valence electrons. The van der Waals surface area contributed by atoms with Crippen LogP contribution < -0.4 is 11.1 Å². The van der Waals surface area contributed by atoms with Gasteiger partial charge in [-0.1, -0.05) is 19.2 Å². The Kier molecular flexibility index (Phi) is 5.28. The SMILES string of the molecule is [B]CCCC[C@@](N)(CC1CCCN1)C(=O)O. The molecule has 1 aliphatic heterocycles. The number of unbranched alkanes of at least 4 members (excludes halogenated alkanes) is 1. The fraction of sp³-hybridized carbons (Fsp3) is 0.909. The predicted molar refractivity (Wildman–Crippen MR) is 64.6 cm³/mol. The van der Waals surface area contributed by atoms with Crippen LogP contribution in [-0.2, 0) is 4.79 Å². The number of carboxylic acids is 1. The van der Waals surface area contributed by atoms with Crippen molar-refractivity contribution in [1.29, 1.82) is 0 Å². The first kappa shape index (κ1) is 13.5. The van der Waals surface area contributed by atoms with Crippen LogP contribution in [-0.4, -0.2) is 37.0 Å². The Bertz CT molecular complexity index is 232. The molecule has 0 aromatic rings. The lowest BCUT2D eigenvalue weighted by atomic mass is 9.85. The molecule has 2 radical (unpaired) electrons. The molecular formula is C11H21BN2O2. The van der Waals surface area contributed by atoms with Crippen LogP contribution in [0.25, 0.3) is 0 Å². The molecule has 1 fully saturated rings.